The number of aromatic nitrogens is 2. The molecule has 1 atom stereocenters. The number of hydrogen-bond acceptors (Lipinski definition) is 2. The normalized spacial score (nSPS) is 15.8. The minimum absolute atomic E-state index is 0.125. The van der Waals surface area contributed by atoms with Crippen LogP contribution in [0.5, 0.6) is 0 Å². The van der Waals surface area contributed by atoms with Crippen LogP contribution in [0.15, 0.2) is 78.9 Å². The van der Waals surface area contributed by atoms with E-state index in [1.165, 1.54) is 6.07 Å². The standard InChI is InChI=1S/C28H22ClF4N3O/c29-22-8-2-4-10-24(22)36-25(17-26(34-36)28(31,32)33)18-11-13-19(14-12-18)27(37)35-15-5-7-21(35)16-20-6-1-3-9-23(20)30/h1-4,6,8-14,17,21H,5,7,15-16H2. The smallest absolute Gasteiger partial charge is 0.335 e. The van der Waals surface area contributed by atoms with Crippen LogP contribution in [0.3, 0.4) is 0 Å². The molecule has 1 aliphatic heterocycles. The first-order valence-corrected chi connectivity index (χ1v) is 12.2. The molecule has 1 aromatic heterocycles. The van der Waals surface area contributed by atoms with Crippen molar-refractivity contribution < 1.29 is 22.4 Å². The van der Waals surface area contributed by atoms with Gasteiger partial charge in [-0.15, -0.1) is 0 Å². The number of carbonyl (C=O) groups excluding carboxylic acids is 1. The van der Waals surface area contributed by atoms with Crippen LogP contribution in [0.2, 0.25) is 5.02 Å². The van der Waals surface area contributed by atoms with E-state index < -0.39 is 11.9 Å². The number of nitrogens with zero attached hydrogens (tertiary/aromatic N) is 3. The van der Waals surface area contributed by atoms with E-state index >= 15 is 0 Å². The fraction of sp³-hybridized carbons (Fsp3) is 0.214. The molecule has 0 radical (unpaired) electrons. The lowest BCUT2D eigenvalue weighted by atomic mass is 10.0. The maximum absolute atomic E-state index is 14.2. The summed E-state index contributed by atoms with van der Waals surface area (Å²) in [5, 5.41) is 4.02. The van der Waals surface area contributed by atoms with Crippen LogP contribution in [-0.2, 0) is 12.6 Å². The molecule has 0 N–H and O–H groups in total. The Balaban J connectivity index is 1.43. The van der Waals surface area contributed by atoms with Gasteiger partial charge in [0.05, 0.1) is 16.4 Å². The number of halogens is 5. The molecule has 1 fully saturated rings. The highest BCUT2D eigenvalue weighted by Gasteiger charge is 2.36. The van der Waals surface area contributed by atoms with Crippen molar-refractivity contribution in [3.05, 3.63) is 107 Å². The van der Waals surface area contributed by atoms with Crippen molar-refractivity contribution in [2.75, 3.05) is 6.54 Å². The molecule has 0 aliphatic carbocycles. The molecule has 1 saturated heterocycles. The quantitative estimate of drug-likeness (QED) is 0.257. The highest BCUT2D eigenvalue weighted by molar-refractivity contribution is 6.32. The SMILES string of the molecule is O=C(c1ccc(-c2cc(C(F)(F)F)nn2-c2ccccc2Cl)cc1)N1CCCC1Cc1ccccc1F. The maximum atomic E-state index is 14.2. The van der Waals surface area contributed by atoms with Crippen molar-refractivity contribution in [1.29, 1.82) is 0 Å². The zero-order chi connectivity index (χ0) is 26.2. The van der Waals surface area contributed by atoms with Crippen molar-refractivity contribution in [3.8, 4) is 16.9 Å². The number of rotatable bonds is 5. The van der Waals surface area contributed by atoms with Gasteiger partial charge in [-0.25, -0.2) is 9.07 Å². The third-order valence-electron chi connectivity index (χ3n) is 6.56. The van der Waals surface area contributed by atoms with Gasteiger partial charge in [-0.05, 0) is 61.2 Å². The number of amides is 1. The summed E-state index contributed by atoms with van der Waals surface area (Å²) in [6.45, 7) is 0.563. The molecule has 4 aromatic rings. The molecule has 0 saturated carbocycles. The Bertz CT molecular complexity index is 1430. The Morgan fingerprint density at radius 2 is 1.70 bits per heavy atom. The fourth-order valence-electron chi connectivity index (χ4n) is 4.71. The molecule has 5 rings (SSSR count). The first-order valence-electron chi connectivity index (χ1n) is 11.8. The van der Waals surface area contributed by atoms with Crippen LogP contribution < -0.4 is 0 Å². The topological polar surface area (TPSA) is 38.1 Å². The van der Waals surface area contributed by atoms with Gasteiger partial charge < -0.3 is 4.90 Å². The molecule has 190 valence electrons. The summed E-state index contributed by atoms with van der Waals surface area (Å²) in [6.07, 6.45) is -2.62. The number of likely N-dealkylation sites (tertiary alicyclic amines) is 1. The highest BCUT2D eigenvalue weighted by atomic mass is 35.5. The highest BCUT2D eigenvalue weighted by Crippen LogP contribution is 2.35. The fourth-order valence-corrected chi connectivity index (χ4v) is 4.93. The van der Waals surface area contributed by atoms with E-state index in [2.05, 4.69) is 5.10 Å². The lowest BCUT2D eigenvalue weighted by molar-refractivity contribution is -0.141. The van der Waals surface area contributed by atoms with Crippen molar-refractivity contribution >= 4 is 17.5 Å². The Kier molecular flexibility index (Phi) is 6.77. The molecule has 9 heteroatoms. The summed E-state index contributed by atoms with van der Waals surface area (Å²) >= 11 is 6.25. The zero-order valence-corrected chi connectivity index (χ0v) is 20.3. The van der Waals surface area contributed by atoms with E-state index in [0.29, 0.717) is 35.3 Å². The van der Waals surface area contributed by atoms with Crippen LogP contribution >= 0.6 is 11.6 Å². The van der Waals surface area contributed by atoms with Gasteiger partial charge in [-0.1, -0.05) is 54.1 Å². The maximum Gasteiger partial charge on any atom is 0.435 e. The van der Waals surface area contributed by atoms with Crippen molar-refractivity contribution in [1.82, 2.24) is 14.7 Å². The van der Waals surface area contributed by atoms with Gasteiger partial charge in [-0.3, -0.25) is 4.79 Å². The molecule has 0 bridgehead atoms. The van der Waals surface area contributed by atoms with Crippen molar-refractivity contribution in [3.63, 3.8) is 0 Å². The summed E-state index contributed by atoms with van der Waals surface area (Å²) in [4.78, 5) is 15.0. The second-order valence-electron chi connectivity index (χ2n) is 8.94. The number of hydrogen-bond donors (Lipinski definition) is 0. The monoisotopic (exact) mass is 527 g/mol. The van der Waals surface area contributed by atoms with Gasteiger partial charge in [0.15, 0.2) is 5.69 Å². The number of alkyl halides is 3. The molecule has 1 amide bonds. The number of carbonyl (C=O) groups is 1. The summed E-state index contributed by atoms with van der Waals surface area (Å²) in [6, 6.07) is 20.3. The molecule has 2 heterocycles. The Morgan fingerprint density at radius 1 is 1.00 bits per heavy atom. The third kappa shape index (κ3) is 5.11. The average molecular weight is 528 g/mol. The Morgan fingerprint density at radius 3 is 2.41 bits per heavy atom. The Hall–Kier alpha value is -3.65. The molecule has 4 nitrogen and oxygen atoms in total. The zero-order valence-electron chi connectivity index (χ0n) is 19.6. The second kappa shape index (κ2) is 10.0. The van der Waals surface area contributed by atoms with Gasteiger partial charge in [0.2, 0.25) is 0 Å². The lowest BCUT2D eigenvalue weighted by Crippen LogP contribution is -2.37. The van der Waals surface area contributed by atoms with E-state index in [1.807, 2.05) is 0 Å². The van der Waals surface area contributed by atoms with E-state index in [1.54, 1.807) is 71.6 Å². The van der Waals surface area contributed by atoms with Crippen molar-refractivity contribution in [2.24, 2.45) is 0 Å². The molecular formula is C28H22ClF4N3O. The number of para-hydroxylation sites is 1. The van der Waals surface area contributed by atoms with Crippen molar-refractivity contribution in [2.45, 2.75) is 31.5 Å². The third-order valence-corrected chi connectivity index (χ3v) is 6.88. The van der Waals surface area contributed by atoms with Crippen LogP contribution in [0.4, 0.5) is 17.6 Å². The van der Waals surface area contributed by atoms with Crippen LogP contribution in [-0.4, -0.2) is 33.2 Å². The van der Waals surface area contributed by atoms with Gasteiger partial charge in [0, 0.05) is 23.7 Å². The molecule has 3 aromatic carbocycles. The minimum atomic E-state index is -4.64. The van der Waals surface area contributed by atoms with Crippen LogP contribution in [0.1, 0.15) is 34.5 Å². The van der Waals surface area contributed by atoms with Gasteiger partial charge in [0.25, 0.3) is 5.91 Å². The van der Waals surface area contributed by atoms with E-state index in [9.17, 15) is 22.4 Å². The number of benzene rings is 3. The lowest BCUT2D eigenvalue weighted by Gasteiger charge is -2.25. The second-order valence-corrected chi connectivity index (χ2v) is 9.35. The first kappa shape index (κ1) is 25.0. The average Bonchev–Trinajstić information content (AvgIpc) is 3.53. The van der Waals surface area contributed by atoms with E-state index in [-0.39, 0.29) is 28.5 Å². The van der Waals surface area contributed by atoms with Gasteiger partial charge >= 0.3 is 6.18 Å². The summed E-state index contributed by atoms with van der Waals surface area (Å²) < 4.78 is 55.8. The first-order chi connectivity index (χ1) is 17.7. The molecule has 0 spiro atoms. The molecule has 37 heavy (non-hydrogen) atoms. The predicted molar refractivity (Wildman–Crippen MR) is 133 cm³/mol. The summed E-state index contributed by atoms with van der Waals surface area (Å²) in [5.74, 6) is -0.486. The van der Waals surface area contributed by atoms with Crippen LogP contribution in [0.25, 0.3) is 16.9 Å². The summed E-state index contributed by atoms with van der Waals surface area (Å²) in [5.41, 5.74) is 0.875. The summed E-state index contributed by atoms with van der Waals surface area (Å²) in [7, 11) is 0. The largest absolute Gasteiger partial charge is 0.435 e. The van der Waals surface area contributed by atoms with Gasteiger partial charge in [-0.2, -0.15) is 18.3 Å². The molecule has 1 unspecified atom stereocenters. The van der Waals surface area contributed by atoms with E-state index in [0.717, 1.165) is 23.6 Å². The van der Waals surface area contributed by atoms with Crippen LogP contribution in [0, 0.1) is 5.82 Å². The van der Waals surface area contributed by atoms with E-state index in [4.69, 9.17) is 11.6 Å². The predicted octanol–water partition coefficient (Wildman–Crippen LogP) is 7.20. The minimum Gasteiger partial charge on any atom is -0.335 e. The Labute approximate surface area is 216 Å². The van der Waals surface area contributed by atoms with Gasteiger partial charge in [0.1, 0.15) is 5.82 Å². The molecular weight excluding hydrogens is 506 g/mol. The molecule has 1 aliphatic rings.